The van der Waals surface area contributed by atoms with Crippen molar-refractivity contribution in [3.05, 3.63) is 57.5 Å². The third-order valence-corrected chi connectivity index (χ3v) is 5.72. The van der Waals surface area contributed by atoms with Crippen molar-refractivity contribution >= 4 is 17.5 Å². The van der Waals surface area contributed by atoms with Crippen LogP contribution in [0, 0.1) is 0 Å². The van der Waals surface area contributed by atoms with E-state index in [2.05, 4.69) is 15.7 Å². The highest BCUT2D eigenvalue weighted by Crippen LogP contribution is 2.40. The Hall–Kier alpha value is -3.17. The number of anilines is 1. The van der Waals surface area contributed by atoms with Crippen molar-refractivity contribution < 1.29 is 22.8 Å². The Morgan fingerprint density at radius 2 is 1.78 bits per heavy atom. The van der Waals surface area contributed by atoms with Crippen molar-refractivity contribution in [2.45, 2.75) is 63.2 Å². The maximum atomic E-state index is 13.3. The SMILES string of the molecule is O=C(Cn1nc(C2CC2)cc(C(F)(F)F)c1=O)Nc1ccccc1C(=O)NC1CCCC1. The summed E-state index contributed by atoms with van der Waals surface area (Å²) in [5, 5.41) is 9.45. The number of alkyl halides is 3. The molecule has 1 aromatic carbocycles. The molecule has 0 spiro atoms. The number of para-hydroxylation sites is 1. The molecular weight excluding hydrogens is 425 g/mol. The average molecular weight is 448 g/mol. The molecule has 1 aromatic heterocycles. The van der Waals surface area contributed by atoms with Gasteiger partial charge in [0.25, 0.3) is 11.5 Å². The summed E-state index contributed by atoms with van der Waals surface area (Å²) in [6.45, 7) is -0.693. The van der Waals surface area contributed by atoms with Gasteiger partial charge in [0.2, 0.25) is 5.91 Å². The number of halogens is 3. The second-order valence-corrected chi connectivity index (χ2v) is 8.27. The first-order valence-electron chi connectivity index (χ1n) is 10.6. The topological polar surface area (TPSA) is 93.1 Å². The van der Waals surface area contributed by atoms with Gasteiger partial charge in [-0.25, -0.2) is 4.68 Å². The number of aromatic nitrogens is 2. The van der Waals surface area contributed by atoms with Gasteiger partial charge < -0.3 is 10.6 Å². The van der Waals surface area contributed by atoms with Crippen molar-refractivity contribution in [1.29, 1.82) is 0 Å². The maximum Gasteiger partial charge on any atom is 0.421 e. The molecule has 0 aliphatic heterocycles. The van der Waals surface area contributed by atoms with E-state index in [1.807, 2.05) is 0 Å². The summed E-state index contributed by atoms with van der Waals surface area (Å²) in [5.74, 6) is -1.22. The largest absolute Gasteiger partial charge is 0.421 e. The minimum absolute atomic E-state index is 0.0833. The fourth-order valence-corrected chi connectivity index (χ4v) is 3.90. The summed E-state index contributed by atoms with van der Waals surface area (Å²) in [5.41, 5.74) is -2.09. The molecule has 0 bridgehead atoms. The van der Waals surface area contributed by atoms with Crippen LogP contribution in [0.25, 0.3) is 0 Å². The van der Waals surface area contributed by atoms with Gasteiger partial charge in [0.15, 0.2) is 0 Å². The molecule has 2 aromatic rings. The van der Waals surface area contributed by atoms with Crippen LogP contribution in [0.1, 0.15) is 66.1 Å². The number of hydrogen-bond acceptors (Lipinski definition) is 4. The van der Waals surface area contributed by atoms with E-state index < -0.39 is 29.8 Å². The lowest BCUT2D eigenvalue weighted by atomic mass is 10.1. The summed E-state index contributed by atoms with van der Waals surface area (Å²) in [7, 11) is 0. The number of carbonyl (C=O) groups excluding carboxylic acids is 2. The van der Waals surface area contributed by atoms with E-state index in [-0.39, 0.29) is 34.8 Å². The molecule has 0 atom stereocenters. The van der Waals surface area contributed by atoms with Crippen molar-refractivity contribution in [1.82, 2.24) is 15.1 Å². The van der Waals surface area contributed by atoms with Crippen LogP contribution in [0.5, 0.6) is 0 Å². The maximum absolute atomic E-state index is 13.3. The van der Waals surface area contributed by atoms with Gasteiger partial charge in [-0.05, 0) is 43.9 Å². The van der Waals surface area contributed by atoms with Gasteiger partial charge in [-0.1, -0.05) is 25.0 Å². The number of rotatable bonds is 6. The first-order chi connectivity index (χ1) is 15.2. The number of hydrogen-bond donors (Lipinski definition) is 2. The highest BCUT2D eigenvalue weighted by molar-refractivity contribution is 6.03. The molecule has 0 unspecified atom stereocenters. The number of amides is 2. The number of benzene rings is 1. The lowest BCUT2D eigenvalue weighted by Gasteiger charge is -2.15. The number of nitrogens with one attached hydrogen (secondary N) is 2. The Labute approximate surface area is 182 Å². The fraction of sp³-hybridized carbons (Fsp3) is 0.455. The van der Waals surface area contributed by atoms with Crippen LogP contribution < -0.4 is 16.2 Å². The Morgan fingerprint density at radius 1 is 1.09 bits per heavy atom. The van der Waals surface area contributed by atoms with Crippen molar-refractivity contribution in [2.24, 2.45) is 0 Å². The molecule has 2 saturated carbocycles. The summed E-state index contributed by atoms with van der Waals surface area (Å²) in [6, 6.07) is 7.22. The Balaban J connectivity index is 1.53. The molecular formula is C22H23F3N4O3. The predicted octanol–water partition coefficient (Wildman–Crippen LogP) is 3.45. The number of nitrogens with zero attached hydrogens (tertiary/aromatic N) is 2. The molecule has 2 fully saturated rings. The molecule has 4 rings (SSSR count). The molecule has 32 heavy (non-hydrogen) atoms. The monoisotopic (exact) mass is 448 g/mol. The van der Waals surface area contributed by atoms with Gasteiger partial charge in [-0.2, -0.15) is 18.3 Å². The van der Waals surface area contributed by atoms with Gasteiger partial charge >= 0.3 is 6.18 Å². The van der Waals surface area contributed by atoms with Crippen LogP contribution >= 0.6 is 0 Å². The highest BCUT2D eigenvalue weighted by atomic mass is 19.4. The molecule has 2 aliphatic carbocycles. The second kappa shape index (κ2) is 8.76. The van der Waals surface area contributed by atoms with Gasteiger partial charge in [0.1, 0.15) is 12.1 Å². The smallest absolute Gasteiger partial charge is 0.349 e. The van der Waals surface area contributed by atoms with E-state index in [0.717, 1.165) is 31.7 Å². The van der Waals surface area contributed by atoms with E-state index in [1.165, 1.54) is 6.07 Å². The van der Waals surface area contributed by atoms with E-state index >= 15 is 0 Å². The molecule has 0 saturated heterocycles. The van der Waals surface area contributed by atoms with Crippen LogP contribution in [0.15, 0.2) is 35.1 Å². The van der Waals surface area contributed by atoms with Crippen LogP contribution in [0.3, 0.4) is 0 Å². The minimum atomic E-state index is -4.84. The molecule has 1 heterocycles. The summed E-state index contributed by atoms with van der Waals surface area (Å²) in [6.07, 6.45) is 0.431. The molecule has 170 valence electrons. The quantitative estimate of drug-likeness (QED) is 0.708. The van der Waals surface area contributed by atoms with E-state index in [4.69, 9.17) is 0 Å². The molecule has 7 nitrogen and oxygen atoms in total. The van der Waals surface area contributed by atoms with Gasteiger partial charge in [-0.15, -0.1) is 0 Å². The van der Waals surface area contributed by atoms with E-state index in [1.54, 1.807) is 18.2 Å². The van der Waals surface area contributed by atoms with Crippen LogP contribution in [0.2, 0.25) is 0 Å². The zero-order valence-corrected chi connectivity index (χ0v) is 17.2. The van der Waals surface area contributed by atoms with Crippen LogP contribution in [0.4, 0.5) is 18.9 Å². The van der Waals surface area contributed by atoms with Crippen molar-refractivity contribution in [3.8, 4) is 0 Å². The zero-order chi connectivity index (χ0) is 22.9. The fourth-order valence-electron chi connectivity index (χ4n) is 3.90. The van der Waals surface area contributed by atoms with Crippen LogP contribution in [-0.4, -0.2) is 27.6 Å². The Bertz CT molecular complexity index is 1090. The van der Waals surface area contributed by atoms with Gasteiger partial charge in [0, 0.05) is 12.0 Å². The minimum Gasteiger partial charge on any atom is -0.349 e. The number of carbonyl (C=O) groups is 2. The summed E-state index contributed by atoms with van der Waals surface area (Å²) in [4.78, 5) is 37.5. The Morgan fingerprint density at radius 3 is 2.44 bits per heavy atom. The van der Waals surface area contributed by atoms with Crippen LogP contribution in [-0.2, 0) is 17.5 Å². The normalized spacial score (nSPS) is 16.7. The standard InChI is InChI=1S/C22H23F3N4O3/c23-22(24,25)16-11-18(13-9-10-13)28-29(21(16)32)12-19(30)27-17-8-4-3-7-15(17)20(31)26-14-5-1-2-6-14/h3-4,7-8,11,13-14H,1-2,5-6,9-10,12H2,(H,26,31)(H,27,30). The first kappa shape index (κ1) is 22.0. The molecule has 2 amide bonds. The van der Waals surface area contributed by atoms with Gasteiger partial charge in [-0.3, -0.25) is 14.4 Å². The first-order valence-corrected chi connectivity index (χ1v) is 10.6. The Kier molecular flexibility index (Phi) is 6.03. The second-order valence-electron chi connectivity index (χ2n) is 8.27. The van der Waals surface area contributed by atoms with Crippen molar-refractivity contribution in [3.63, 3.8) is 0 Å². The average Bonchev–Trinajstić information content (AvgIpc) is 3.46. The molecule has 10 heteroatoms. The lowest BCUT2D eigenvalue weighted by molar-refractivity contribution is -0.139. The highest BCUT2D eigenvalue weighted by Gasteiger charge is 2.37. The van der Waals surface area contributed by atoms with E-state index in [9.17, 15) is 27.6 Å². The van der Waals surface area contributed by atoms with E-state index in [0.29, 0.717) is 17.5 Å². The van der Waals surface area contributed by atoms with Crippen molar-refractivity contribution in [2.75, 3.05) is 5.32 Å². The molecule has 2 N–H and O–H groups in total. The summed E-state index contributed by atoms with van der Waals surface area (Å²) >= 11 is 0. The third kappa shape index (κ3) is 5.00. The predicted molar refractivity (Wildman–Crippen MR) is 110 cm³/mol. The zero-order valence-electron chi connectivity index (χ0n) is 17.2. The summed E-state index contributed by atoms with van der Waals surface area (Å²) < 4.78 is 40.4. The molecule has 0 radical (unpaired) electrons. The molecule has 2 aliphatic rings. The van der Waals surface area contributed by atoms with Gasteiger partial charge in [0.05, 0.1) is 16.9 Å². The lowest BCUT2D eigenvalue weighted by Crippen LogP contribution is -2.36. The third-order valence-electron chi connectivity index (χ3n) is 5.72.